The van der Waals surface area contributed by atoms with Crippen LogP contribution in [0.25, 0.3) is 0 Å². The number of hydrogen-bond donors (Lipinski definition) is 3. The van der Waals surface area contributed by atoms with E-state index in [0.717, 1.165) is 12.8 Å². The van der Waals surface area contributed by atoms with Crippen molar-refractivity contribution in [2.75, 3.05) is 33.4 Å². The van der Waals surface area contributed by atoms with Gasteiger partial charge in [0.15, 0.2) is 0 Å². The maximum absolute atomic E-state index is 11.5. The molecule has 6 nitrogen and oxygen atoms in total. The monoisotopic (exact) mass is 268 g/mol. The number of ether oxygens (including phenoxy) is 1. The average molecular weight is 268 g/mol. The Bertz CT molecular complexity index is 263. The highest BCUT2D eigenvalue weighted by Crippen LogP contribution is 2.09. The van der Waals surface area contributed by atoms with Gasteiger partial charge in [-0.25, -0.2) is 4.72 Å². The van der Waals surface area contributed by atoms with Crippen LogP contribution in [0.1, 0.15) is 26.2 Å². The molecule has 0 spiro atoms. The van der Waals surface area contributed by atoms with Gasteiger partial charge in [0.25, 0.3) is 10.2 Å². The zero-order valence-corrected chi connectivity index (χ0v) is 11.4. The summed E-state index contributed by atoms with van der Waals surface area (Å²) in [7, 11) is -1.93. The molecule has 0 aromatic rings. The highest BCUT2D eigenvalue weighted by atomic mass is 32.2. The van der Waals surface area contributed by atoms with Gasteiger partial charge in [0.1, 0.15) is 0 Å². The van der Waals surface area contributed by atoms with E-state index in [1.807, 2.05) is 6.92 Å². The molecule has 0 aliphatic carbocycles. The third kappa shape index (κ3) is 9.49. The minimum Gasteiger partial charge on any atom is -0.396 e. The number of methoxy groups -OCH3 is 1. The predicted octanol–water partition coefficient (Wildman–Crippen LogP) is -0.144. The van der Waals surface area contributed by atoms with Crippen molar-refractivity contribution in [1.82, 2.24) is 9.44 Å². The minimum atomic E-state index is -3.45. The van der Waals surface area contributed by atoms with Gasteiger partial charge in [-0.3, -0.25) is 0 Å². The van der Waals surface area contributed by atoms with E-state index in [-0.39, 0.29) is 19.1 Å². The number of hydrogen-bond acceptors (Lipinski definition) is 4. The van der Waals surface area contributed by atoms with E-state index in [4.69, 9.17) is 9.84 Å². The van der Waals surface area contributed by atoms with Gasteiger partial charge in [-0.2, -0.15) is 13.1 Å². The molecule has 1 atom stereocenters. The Morgan fingerprint density at radius 3 is 2.53 bits per heavy atom. The molecule has 0 saturated heterocycles. The molecule has 3 N–H and O–H groups in total. The van der Waals surface area contributed by atoms with Crippen LogP contribution in [0, 0.1) is 5.92 Å². The first-order valence-electron chi connectivity index (χ1n) is 5.89. The molecular formula is C10H24N2O4S. The zero-order valence-electron chi connectivity index (χ0n) is 10.6. The Kier molecular flexibility index (Phi) is 9.66. The van der Waals surface area contributed by atoms with Crippen LogP contribution in [0.2, 0.25) is 0 Å². The lowest BCUT2D eigenvalue weighted by molar-refractivity contribution is 0.204. The van der Waals surface area contributed by atoms with Gasteiger partial charge < -0.3 is 9.84 Å². The molecule has 0 rings (SSSR count). The van der Waals surface area contributed by atoms with Gasteiger partial charge in [0.05, 0.1) is 6.61 Å². The second kappa shape index (κ2) is 9.78. The van der Waals surface area contributed by atoms with Crippen molar-refractivity contribution in [2.24, 2.45) is 5.92 Å². The fourth-order valence-electron chi connectivity index (χ4n) is 1.50. The van der Waals surface area contributed by atoms with E-state index < -0.39 is 10.2 Å². The molecule has 0 saturated carbocycles. The van der Waals surface area contributed by atoms with Gasteiger partial charge in [-0.1, -0.05) is 13.3 Å². The van der Waals surface area contributed by atoms with Crippen LogP contribution >= 0.6 is 0 Å². The zero-order chi connectivity index (χ0) is 13.1. The first-order valence-corrected chi connectivity index (χ1v) is 7.38. The first-order chi connectivity index (χ1) is 8.05. The first kappa shape index (κ1) is 16.8. The Morgan fingerprint density at radius 1 is 1.29 bits per heavy atom. The van der Waals surface area contributed by atoms with E-state index in [1.54, 1.807) is 0 Å². The number of rotatable bonds is 11. The van der Waals surface area contributed by atoms with Crippen molar-refractivity contribution >= 4 is 10.2 Å². The molecule has 17 heavy (non-hydrogen) atoms. The topological polar surface area (TPSA) is 87.7 Å². The highest BCUT2D eigenvalue weighted by Gasteiger charge is 2.13. The molecular weight excluding hydrogens is 244 g/mol. The van der Waals surface area contributed by atoms with Gasteiger partial charge in [-0.15, -0.1) is 0 Å². The van der Waals surface area contributed by atoms with Gasteiger partial charge in [0, 0.05) is 26.8 Å². The summed E-state index contributed by atoms with van der Waals surface area (Å²) < 4.78 is 32.6. The summed E-state index contributed by atoms with van der Waals surface area (Å²) in [6.45, 7) is 3.08. The second-order valence-electron chi connectivity index (χ2n) is 3.91. The summed E-state index contributed by atoms with van der Waals surface area (Å²) in [5, 5.41) is 8.86. The van der Waals surface area contributed by atoms with Crippen LogP contribution in [0.3, 0.4) is 0 Å². The van der Waals surface area contributed by atoms with Gasteiger partial charge >= 0.3 is 0 Å². The van der Waals surface area contributed by atoms with E-state index in [9.17, 15) is 8.42 Å². The molecule has 0 heterocycles. The predicted molar refractivity (Wildman–Crippen MR) is 66.9 cm³/mol. The summed E-state index contributed by atoms with van der Waals surface area (Å²) in [6.07, 6.45) is 2.50. The molecule has 1 unspecified atom stereocenters. The van der Waals surface area contributed by atoms with Crippen LogP contribution in [0.5, 0.6) is 0 Å². The van der Waals surface area contributed by atoms with Crippen molar-refractivity contribution in [3.05, 3.63) is 0 Å². The molecule has 0 radical (unpaired) electrons. The Morgan fingerprint density at radius 2 is 2.00 bits per heavy atom. The minimum absolute atomic E-state index is 0.0868. The van der Waals surface area contributed by atoms with Crippen LogP contribution < -0.4 is 9.44 Å². The van der Waals surface area contributed by atoms with Crippen molar-refractivity contribution in [2.45, 2.75) is 26.2 Å². The molecule has 0 aliphatic heterocycles. The Labute approximate surface area is 104 Å². The maximum Gasteiger partial charge on any atom is 0.276 e. The highest BCUT2D eigenvalue weighted by molar-refractivity contribution is 7.87. The lowest BCUT2D eigenvalue weighted by Gasteiger charge is -2.16. The summed E-state index contributed by atoms with van der Waals surface area (Å²) >= 11 is 0. The lowest BCUT2D eigenvalue weighted by atomic mass is 10.0. The fourth-order valence-corrected chi connectivity index (χ4v) is 2.41. The smallest absolute Gasteiger partial charge is 0.276 e. The fraction of sp³-hybridized carbons (Fsp3) is 1.00. The number of aliphatic hydroxyl groups is 1. The molecule has 0 fully saturated rings. The molecule has 7 heteroatoms. The average Bonchev–Trinajstić information content (AvgIpc) is 2.27. The summed E-state index contributed by atoms with van der Waals surface area (Å²) in [5.74, 6) is 0.184. The SMILES string of the molecule is CCCC(CCO)CNS(=O)(=O)NCCOC. The van der Waals surface area contributed by atoms with E-state index in [1.165, 1.54) is 7.11 Å². The number of aliphatic hydroxyl groups excluding tert-OH is 1. The summed E-state index contributed by atoms with van der Waals surface area (Å²) in [4.78, 5) is 0. The molecule has 0 aliphatic rings. The molecule has 0 bridgehead atoms. The Balaban J connectivity index is 3.95. The normalized spacial score (nSPS) is 13.8. The van der Waals surface area contributed by atoms with Crippen molar-refractivity contribution in [3.8, 4) is 0 Å². The van der Waals surface area contributed by atoms with Gasteiger partial charge in [0.2, 0.25) is 0 Å². The van der Waals surface area contributed by atoms with Crippen LogP contribution in [0.15, 0.2) is 0 Å². The van der Waals surface area contributed by atoms with Gasteiger partial charge in [-0.05, 0) is 18.8 Å². The maximum atomic E-state index is 11.5. The molecule has 104 valence electrons. The van der Waals surface area contributed by atoms with E-state index in [2.05, 4.69) is 9.44 Å². The quantitative estimate of drug-likeness (QED) is 0.455. The van der Waals surface area contributed by atoms with Crippen LogP contribution in [0.4, 0.5) is 0 Å². The third-order valence-corrected chi connectivity index (χ3v) is 3.53. The standard InChI is InChI=1S/C10H24N2O4S/c1-3-4-10(5-7-13)9-12-17(14,15)11-6-8-16-2/h10-13H,3-9H2,1-2H3. The molecule has 0 aromatic carbocycles. The summed E-state index contributed by atoms with van der Waals surface area (Å²) in [5.41, 5.74) is 0. The molecule has 0 aromatic heterocycles. The van der Waals surface area contributed by atoms with Crippen molar-refractivity contribution < 1.29 is 18.3 Å². The van der Waals surface area contributed by atoms with Crippen molar-refractivity contribution in [1.29, 1.82) is 0 Å². The van der Waals surface area contributed by atoms with Crippen LogP contribution in [-0.2, 0) is 14.9 Å². The largest absolute Gasteiger partial charge is 0.396 e. The van der Waals surface area contributed by atoms with Crippen molar-refractivity contribution in [3.63, 3.8) is 0 Å². The van der Waals surface area contributed by atoms with E-state index in [0.29, 0.717) is 19.6 Å². The van der Waals surface area contributed by atoms with E-state index >= 15 is 0 Å². The summed E-state index contributed by atoms with van der Waals surface area (Å²) in [6, 6.07) is 0. The molecule has 0 amide bonds. The lowest BCUT2D eigenvalue weighted by Crippen LogP contribution is -2.40. The van der Waals surface area contributed by atoms with Crippen LogP contribution in [-0.4, -0.2) is 46.9 Å². The number of nitrogens with one attached hydrogen (secondary N) is 2. The second-order valence-corrected chi connectivity index (χ2v) is 5.49. The Hall–Kier alpha value is -0.210. The third-order valence-electron chi connectivity index (χ3n) is 2.39.